The molecule has 1 atom stereocenters. The molecule has 0 spiro atoms. The summed E-state index contributed by atoms with van der Waals surface area (Å²) in [5.41, 5.74) is 1.26. The highest BCUT2D eigenvalue weighted by Crippen LogP contribution is 2.21. The number of nitrogens with one attached hydrogen (secondary N) is 1. The Balaban J connectivity index is 1.78. The second-order valence-electron chi connectivity index (χ2n) is 6.72. The quantitative estimate of drug-likeness (QED) is 0.868. The molecule has 1 fully saturated rings. The third-order valence-corrected chi connectivity index (χ3v) is 4.61. The van der Waals surface area contributed by atoms with Crippen LogP contribution in [-0.4, -0.2) is 54.3 Å². The summed E-state index contributed by atoms with van der Waals surface area (Å²) in [6.45, 7) is 9.21. The van der Waals surface area contributed by atoms with E-state index in [0.717, 1.165) is 0 Å². The number of carbonyl (C=O) groups excluding carboxylic acids is 2. The molecule has 0 saturated carbocycles. The van der Waals surface area contributed by atoms with Crippen molar-refractivity contribution in [2.75, 3.05) is 32.7 Å². The molecule has 5 heteroatoms. The van der Waals surface area contributed by atoms with Crippen molar-refractivity contribution >= 4 is 11.8 Å². The molecule has 0 radical (unpaired) electrons. The number of carbonyl (C=O) groups is 2. The van der Waals surface area contributed by atoms with Crippen LogP contribution in [0, 0.1) is 5.92 Å². The fourth-order valence-electron chi connectivity index (χ4n) is 3.16. The molecule has 1 N–H and O–H groups in total. The molecule has 1 aliphatic heterocycles. The number of rotatable bonds is 6. The predicted molar refractivity (Wildman–Crippen MR) is 95.5 cm³/mol. The van der Waals surface area contributed by atoms with Crippen molar-refractivity contribution in [3.05, 3.63) is 35.9 Å². The van der Waals surface area contributed by atoms with E-state index >= 15 is 0 Å². The molecule has 2 amide bonds. The Kier molecular flexibility index (Phi) is 6.79. The summed E-state index contributed by atoms with van der Waals surface area (Å²) >= 11 is 0. The standard InChI is InChI=1S/C19H29N3O2/c1-15(2)19(17-7-5-4-6-8-17)20-10-9-18(24)22-13-11-21(12-14-22)16(3)23/h4-8,15,19-20H,9-14H2,1-3H3/t19-/m1/s1. The lowest BCUT2D eigenvalue weighted by atomic mass is 9.96. The largest absolute Gasteiger partial charge is 0.339 e. The maximum atomic E-state index is 12.3. The molecule has 1 saturated heterocycles. The Labute approximate surface area is 145 Å². The summed E-state index contributed by atoms with van der Waals surface area (Å²) in [4.78, 5) is 27.3. The molecule has 24 heavy (non-hydrogen) atoms. The van der Waals surface area contributed by atoms with Gasteiger partial charge in [-0.3, -0.25) is 9.59 Å². The zero-order chi connectivity index (χ0) is 17.5. The van der Waals surface area contributed by atoms with Gasteiger partial charge < -0.3 is 15.1 Å². The molecular weight excluding hydrogens is 302 g/mol. The molecule has 0 unspecified atom stereocenters. The van der Waals surface area contributed by atoms with Crippen LogP contribution < -0.4 is 5.32 Å². The van der Waals surface area contributed by atoms with Crippen molar-refractivity contribution in [1.29, 1.82) is 0 Å². The molecule has 0 aromatic heterocycles. The van der Waals surface area contributed by atoms with E-state index in [1.54, 1.807) is 11.8 Å². The topological polar surface area (TPSA) is 52.7 Å². The average molecular weight is 331 g/mol. The fourth-order valence-corrected chi connectivity index (χ4v) is 3.16. The first kappa shape index (κ1) is 18.5. The second kappa shape index (κ2) is 8.83. The van der Waals surface area contributed by atoms with Gasteiger partial charge >= 0.3 is 0 Å². The Hall–Kier alpha value is -1.88. The maximum absolute atomic E-state index is 12.3. The van der Waals surface area contributed by atoms with Crippen molar-refractivity contribution in [1.82, 2.24) is 15.1 Å². The van der Waals surface area contributed by atoms with Crippen LogP contribution in [0.15, 0.2) is 30.3 Å². The third kappa shape index (κ3) is 5.06. The van der Waals surface area contributed by atoms with Crippen molar-refractivity contribution in [3.63, 3.8) is 0 Å². The molecule has 1 aromatic rings. The first-order chi connectivity index (χ1) is 11.5. The average Bonchev–Trinajstić information content (AvgIpc) is 2.59. The van der Waals surface area contributed by atoms with Crippen LogP contribution in [0.3, 0.4) is 0 Å². The van der Waals surface area contributed by atoms with Gasteiger partial charge in [0.25, 0.3) is 0 Å². The van der Waals surface area contributed by atoms with Gasteiger partial charge in [0.1, 0.15) is 0 Å². The minimum absolute atomic E-state index is 0.0893. The minimum Gasteiger partial charge on any atom is -0.339 e. The summed E-state index contributed by atoms with van der Waals surface area (Å²) in [6, 6.07) is 10.6. The van der Waals surface area contributed by atoms with Gasteiger partial charge in [0, 0.05) is 52.1 Å². The molecule has 0 aliphatic carbocycles. The van der Waals surface area contributed by atoms with E-state index in [0.29, 0.717) is 45.1 Å². The van der Waals surface area contributed by atoms with Gasteiger partial charge in [-0.05, 0) is 11.5 Å². The highest BCUT2D eigenvalue weighted by Gasteiger charge is 2.22. The van der Waals surface area contributed by atoms with E-state index in [-0.39, 0.29) is 17.9 Å². The lowest BCUT2D eigenvalue weighted by molar-refractivity contribution is -0.138. The normalized spacial score (nSPS) is 16.3. The van der Waals surface area contributed by atoms with E-state index in [4.69, 9.17) is 0 Å². The first-order valence-electron chi connectivity index (χ1n) is 8.80. The Bertz CT molecular complexity index is 537. The number of benzene rings is 1. The summed E-state index contributed by atoms with van der Waals surface area (Å²) in [7, 11) is 0. The van der Waals surface area contributed by atoms with Gasteiger partial charge in [-0.25, -0.2) is 0 Å². The van der Waals surface area contributed by atoms with Gasteiger partial charge in [-0.2, -0.15) is 0 Å². The maximum Gasteiger partial charge on any atom is 0.223 e. The Morgan fingerprint density at radius 1 is 1.04 bits per heavy atom. The number of hydrogen-bond donors (Lipinski definition) is 1. The van der Waals surface area contributed by atoms with Crippen LogP contribution in [0.5, 0.6) is 0 Å². The predicted octanol–water partition coefficient (Wildman–Crippen LogP) is 2.05. The first-order valence-corrected chi connectivity index (χ1v) is 8.80. The summed E-state index contributed by atoms with van der Waals surface area (Å²) < 4.78 is 0. The summed E-state index contributed by atoms with van der Waals surface area (Å²) in [6.07, 6.45) is 0.496. The van der Waals surface area contributed by atoms with Crippen molar-refractivity contribution in [2.45, 2.75) is 33.2 Å². The molecule has 2 rings (SSSR count). The highest BCUT2D eigenvalue weighted by molar-refractivity contribution is 5.77. The lowest BCUT2D eigenvalue weighted by Crippen LogP contribution is -2.50. The van der Waals surface area contributed by atoms with E-state index in [2.05, 4.69) is 31.3 Å². The second-order valence-corrected chi connectivity index (χ2v) is 6.72. The monoisotopic (exact) mass is 331 g/mol. The van der Waals surface area contributed by atoms with E-state index in [9.17, 15) is 9.59 Å². The molecule has 132 valence electrons. The van der Waals surface area contributed by atoms with Crippen LogP contribution >= 0.6 is 0 Å². The number of piperazine rings is 1. The van der Waals surface area contributed by atoms with E-state index in [1.807, 2.05) is 23.1 Å². The Morgan fingerprint density at radius 3 is 2.17 bits per heavy atom. The molecule has 1 heterocycles. The fraction of sp³-hybridized carbons (Fsp3) is 0.579. The number of nitrogens with zero attached hydrogens (tertiary/aromatic N) is 2. The van der Waals surface area contributed by atoms with Crippen LogP contribution in [-0.2, 0) is 9.59 Å². The molecule has 1 aromatic carbocycles. The molecule has 1 aliphatic rings. The van der Waals surface area contributed by atoms with Gasteiger partial charge in [0.15, 0.2) is 0 Å². The smallest absolute Gasteiger partial charge is 0.223 e. The van der Waals surface area contributed by atoms with Crippen molar-refractivity contribution < 1.29 is 9.59 Å². The minimum atomic E-state index is 0.0893. The van der Waals surface area contributed by atoms with Crippen LogP contribution in [0.2, 0.25) is 0 Å². The third-order valence-electron chi connectivity index (χ3n) is 4.61. The molecule has 5 nitrogen and oxygen atoms in total. The molecule has 0 bridgehead atoms. The van der Waals surface area contributed by atoms with Gasteiger partial charge in [0.05, 0.1) is 0 Å². The Morgan fingerprint density at radius 2 is 1.62 bits per heavy atom. The SMILES string of the molecule is CC(=O)N1CCN(C(=O)CCN[C@@H](c2ccccc2)C(C)C)CC1. The summed E-state index contributed by atoms with van der Waals surface area (Å²) in [5.74, 6) is 0.717. The molecular formula is C19H29N3O2. The van der Waals surface area contributed by atoms with Gasteiger partial charge in [0.2, 0.25) is 11.8 Å². The number of amides is 2. The summed E-state index contributed by atoms with van der Waals surface area (Å²) in [5, 5.41) is 3.52. The van der Waals surface area contributed by atoms with E-state index < -0.39 is 0 Å². The van der Waals surface area contributed by atoms with Gasteiger partial charge in [-0.15, -0.1) is 0 Å². The van der Waals surface area contributed by atoms with Crippen LogP contribution in [0.25, 0.3) is 0 Å². The van der Waals surface area contributed by atoms with E-state index in [1.165, 1.54) is 5.56 Å². The lowest BCUT2D eigenvalue weighted by Gasteiger charge is -2.34. The van der Waals surface area contributed by atoms with Crippen LogP contribution in [0.1, 0.15) is 38.8 Å². The van der Waals surface area contributed by atoms with Crippen molar-refractivity contribution in [2.24, 2.45) is 5.92 Å². The zero-order valence-corrected chi connectivity index (χ0v) is 15.0. The number of hydrogen-bond acceptors (Lipinski definition) is 3. The highest BCUT2D eigenvalue weighted by atomic mass is 16.2. The van der Waals surface area contributed by atoms with Crippen LogP contribution in [0.4, 0.5) is 0 Å². The van der Waals surface area contributed by atoms with Gasteiger partial charge in [-0.1, -0.05) is 44.2 Å². The van der Waals surface area contributed by atoms with Crippen molar-refractivity contribution in [3.8, 4) is 0 Å². The zero-order valence-electron chi connectivity index (χ0n) is 15.0.